The van der Waals surface area contributed by atoms with E-state index in [1.54, 1.807) is 0 Å². The summed E-state index contributed by atoms with van der Waals surface area (Å²) < 4.78 is 18.4. The van der Waals surface area contributed by atoms with Crippen LogP contribution in [0.2, 0.25) is 0 Å². The number of hydrogen-bond acceptors (Lipinski definition) is 3. The molecule has 0 aliphatic heterocycles. The molecule has 0 fully saturated rings. The molecule has 0 aromatic rings. The lowest BCUT2D eigenvalue weighted by molar-refractivity contribution is 0.575. The summed E-state index contributed by atoms with van der Waals surface area (Å²) >= 11 is 8.35. The van der Waals surface area contributed by atoms with E-state index in [2.05, 4.69) is 23.4 Å². The maximum absolute atomic E-state index is 10.1. The van der Waals surface area contributed by atoms with Crippen molar-refractivity contribution in [1.29, 1.82) is 0 Å². The Morgan fingerprint density at radius 2 is 2.00 bits per heavy atom. The highest BCUT2D eigenvalue weighted by Crippen LogP contribution is 1.85. The number of thiocarbonyl (C=S) groups is 1. The van der Waals surface area contributed by atoms with Crippen LogP contribution in [0.3, 0.4) is 0 Å². The van der Waals surface area contributed by atoms with E-state index in [0.29, 0.717) is 0 Å². The summed E-state index contributed by atoms with van der Waals surface area (Å²) in [4.78, 5) is 0. The van der Waals surface area contributed by atoms with Gasteiger partial charge in [-0.1, -0.05) is 12.2 Å². The topological polar surface area (TPSA) is 37.3 Å². The molecule has 0 amide bonds. The van der Waals surface area contributed by atoms with Crippen molar-refractivity contribution < 1.29 is 8.76 Å². The molecule has 1 N–H and O–H groups in total. The second kappa shape index (κ2) is 2.13. The van der Waals surface area contributed by atoms with Gasteiger partial charge in [0.05, 0.1) is 0 Å². The molecular weight excluding hydrogens is 152 g/mol. The zero-order chi connectivity index (χ0) is 6.08. The molecule has 0 saturated heterocycles. The van der Waals surface area contributed by atoms with Gasteiger partial charge in [0.15, 0.2) is 8.77 Å². The van der Waals surface area contributed by atoms with Crippen LogP contribution in [0.5, 0.6) is 0 Å². The zero-order valence-corrected chi connectivity index (χ0v) is 6.03. The molecule has 7 heavy (non-hydrogen) atoms. The van der Waals surface area contributed by atoms with Gasteiger partial charge >= 0.3 is 0 Å². The van der Waals surface area contributed by atoms with Crippen molar-refractivity contribution in [2.24, 2.45) is 0 Å². The lowest BCUT2D eigenvalue weighted by Gasteiger charge is -1.88. The van der Waals surface area contributed by atoms with E-state index in [4.69, 9.17) is 4.55 Å². The minimum atomic E-state index is -3.18. The molecule has 42 valence electrons. The van der Waals surface area contributed by atoms with E-state index >= 15 is 0 Å². The predicted octanol–water partition coefficient (Wildman–Crippen LogP) is 0.553. The Hall–Kier alpha value is 0.420. The van der Waals surface area contributed by atoms with Crippen LogP contribution in [0, 0.1) is 0 Å². The average molecular weight is 156 g/mol. The second-order valence-electron chi connectivity index (χ2n) is 0.967. The molecule has 0 aromatic heterocycles. The first kappa shape index (κ1) is 7.42. The summed E-state index contributed by atoms with van der Waals surface area (Å²) in [7, 11) is -3.18. The molecule has 0 aliphatic carbocycles. The van der Waals surface area contributed by atoms with Crippen LogP contribution in [-0.4, -0.2) is 13.0 Å². The van der Waals surface area contributed by atoms with Crippen LogP contribution >= 0.6 is 12.2 Å². The van der Waals surface area contributed by atoms with Crippen LogP contribution in [0.1, 0.15) is 6.92 Å². The van der Waals surface area contributed by atoms with Gasteiger partial charge in [-0.3, -0.25) is 0 Å². The van der Waals surface area contributed by atoms with Gasteiger partial charge in [-0.05, 0) is 6.92 Å². The standard InChI is InChI=1S/C2H4O2S3/c1-2(5)7(3,4)6/h1H3,(H,3,4,6). The van der Waals surface area contributed by atoms with Crippen LogP contribution in [0.4, 0.5) is 0 Å². The molecule has 2 nitrogen and oxygen atoms in total. The monoisotopic (exact) mass is 156 g/mol. The first-order valence-corrected chi connectivity index (χ1v) is 4.27. The molecule has 0 aliphatic rings. The summed E-state index contributed by atoms with van der Waals surface area (Å²) in [5, 5.41) is 0. The third-order valence-electron chi connectivity index (χ3n) is 0.363. The summed E-state index contributed by atoms with van der Waals surface area (Å²) in [6, 6.07) is 0. The van der Waals surface area contributed by atoms with Gasteiger partial charge < -0.3 is 4.55 Å². The quantitative estimate of drug-likeness (QED) is 0.520. The Labute approximate surface area is 52.4 Å². The molecule has 0 heterocycles. The minimum Gasteiger partial charge on any atom is -0.302 e. The highest BCUT2D eigenvalue weighted by molar-refractivity contribution is 8.42. The van der Waals surface area contributed by atoms with Crippen molar-refractivity contribution in [1.82, 2.24) is 0 Å². The van der Waals surface area contributed by atoms with Crippen molar-refractivity contribution in [3.63, 3.8) is 0 Å². The summed E-state index contributed by atoms with van der Waals surface area (Å²) in [5.74, 6) is 0. The smallest absolute Gasteiger partial charge is 0.177 e. The van der Waals surface area contributed by atoms with Gasteiger partial charge in [-0.15, -0.1) is 0 Å². The first-order valence-electron chi connectivity index (χ1n) is 1.42. The Bertz CT molecular complexity index is 165. The maximum atomic E-state index is 10.1. The van der Waals surface area contributed by atoms with Crippen molar-refractivity contribution in [3.8, 4) is 0 Å². The van der Waals surface area contributed by atoms with E-state index in [9.17, 15) is 4.21 Å². The molecule has 0 saturated carbocycles. The molecule has 0 bridgehead atoms. The minimum absolute atomic E-state index is 0.0255. The Morgan fingerprint density at radius 3 is 2.00 bits per heavy atom. The lowest BCUT2D eigenvalue weighted by atomic mass is 11.0. The average Bonchev–Trinajstić information content (AvgIpc) is 1.31. The Morgan fingerprint density at radius 1 is 1.86 bits per heavy atom. The summed E-state index contributed by atoms with van der Waals surface area (Å²) in [6.45, 7) is 1.35. The zero-order valence-electron chi connectivity index (χ0n) is 3.58. The van der Waals surface area contributed by atoms with Crippen LogP contribution < -0.4 is 0 Å². The molecule has 0 aromatic carbocycles. The fraction of sp³-hybridized carbons (Fsp3) is 0.500. The van der Waals surface area contributed by atoms with E-state index in [0.717, 1.165) is 0 Å². The fourth-order valence-corrected chi connectivity index (χ4v) is 0. The fourth-order valence-electron chi connectivity index (χ4n) is 0. The number of rotatable bonds is 0. The predicted molar refractivity (Wildman–Crippen MR) is 36.4 cm³/mol. The molecule has 0 rings (SSSR count). The molecule has 1 atom stereocenters. The largest absolute Gasteiger partial charge is 0.302 e. The van der Waals surface area contributed by atoms with Crippen LogP contribution in [0.15, 0.2) is 0 Å². The highest BCUT2D eigenvalue weighted by atomic mass is 32.8. The molecule has 5 heteroatoms. The third-order valence-corrected chi connectivity index (χ3v) is 2.83. The maximum Gasteiger partial charge on any atom is 0.177 e. The van der Waals surface area contributed by atoms with E-state index < -0.39 is 8.77 Å². The molecular formula is C2H4O2S3. The van der Waals surface area contributed by atoms with Crippen molar-refractivity contribution >= 4 is 36.4 Å². The van der Waals surface area contributed by atoms with Crippen molar-refractivity contribution in [2.45, 2.75) is 6.92 Å². The van der Waals surface area contributed by atoms with Crippen LogP contribution in [-0.2, 0) is 20.0 Å². The Kier molecular flexibility index (Phi) is 2.25. The second-order valence-corrected chi connectivity index (χ2v) is 4.76. The lowest BCUT2D eigenvalue weighted by Crippen LogP contribution is -2.03. The normalized spacial score (nSPS) is 18.0. The van der Waals surface area contributed by atoms with Gasteiger partial charge in [0, 0.05) is 11.2 Å². The van der Waals surface area contributed by atoms with E-state index in [-0.39, 0.29) is 4.20 Å². The van der Waals surface area contributed by atoms with Crippen LogP contribution in [0.25, 0.3) is 0 Å². The first-order chi connectivity index (χ1) is 2.94. The summed E-state index contributed by atoms with van der Waals surface area (Å²) in [5.41, 5.74) is 0. The van der Waals surface area contributed by atoms with Crippen molar-refractivity contribution in [2.75, 3.05) is 0 Å². The Balaban J connectivity index is 4.43. The van der Waals surface area contributed by atoms with Gasteiger partial charge in [0.25, 0.3) is 0 Å². The molecule has 0 radical (unpaired) electrons. The van der Waals surface area contributed by atoms with Gasteiger partial charge in [-0.25, -0.2) is 4.21 Å². The van der Waals surface area contributed by atoms with E-state index in [1.807, 2.05) is 0 Å². The van der Waals surface area contributed by atoms with Crippen molar-refractivity contribution in [3.05, 3.63) is 0 Å². The van der Waals surface area contributed by atoms with Gasteiger partial charge in [-0.2, -0.15) is 0 Å². The SMILES string of the molecule is CC(=S)S(=O)(O)=S. The van der Waals surface area contributed by atoms with Gasteiger partial charge in [0.2, 0.25) is 0 Å². The third kappa shape index (κ3) is 3.04. The highest BCUT2D eigenvalue weighted by Gasteiger charge is 1.98. The van der Waals surface area contributed by atoms with Gasteiger partial charge in [0.1, 0.15) is 4.20 Å². The molecule has 1 unspecified atom stereocenters. The molecule has 0 spiro atoms. The van der Waals surface area contributed by atoms with E-state index in [1.165, 1.54) is 6.92 Å². The number of hydrogen-bond donors (Lipinski definition) is 1. The summed E-state index contributed by atoms with van der Waals surface area (Å²) in [6.07, 6.45) is 0.